The fourth-order valence-corrected chi connectivity index (χ4v) is 2.16. The van der Waals surface area contributed by atoms with E-state index < -0.39 is 0 Å². The molecule has 0 radical (unpaired) electrons. The monoisotopic (exact) mass is 290 g/mol. The number of pyridine rings is 1. The third-order valence-electron chi connectivity index (χ3n) is 3.30. The molecule has 21 heavy (non-hydrogen) atoms. The predicted octanol–water partition coefficient (Wildman–Crippen LogP) is 1.88. The van der Waals surface area contributed by atoms with Gasteiger partial charge in [-0.05, 0) is 18.6 Å². The molecule has 2 heterocycles. The second-order valence-electron chi connectivity index (χ2n) is 4.90. The van der Waals surface area contributed by atoms with Crippen LogP contribution in [0.25, 0.3) is 11.2 Å². The van der Waals surface area contributed by atoms with Crippen LogP contribution in [0, 0.1) is 0 Å². The molecule has 0 aliphatic heterocycles. The van der Waals surface area contributed by atoms with Crippen molar-refractivity contribution in [2.75, 3.05) is 13.7 Å². The summed E-state index contributed by atoms with van der Waals surface area (Å²) in [5, 5.41) is 2.92. The zero-order valence-corrected chi connectivity index (χ0v) is 12.6. The molecule has 0 saturated carbocycles. The minimum atomic E-state index is 0.0650. The van der Waals surface area contributed by atoms with Crippen LogP contribution in [0.1, 0.15) is 32.0 Å². The van der Waals surface area contributed by atoms with E-state index in [1.54, 1.807) is 13.3 Å². The standard InChI is InChI=1S/C15H22N4O2/c1-3-4-7-14(20)17-11-13-18-12-6-5-8-16-15(12)19(13)9-10-21-2/h5-6,8H,3-4,7,9-11H2,1-2H3,(H,17,20). The van der Waals surface area contributed by atoms with Gasteiger partial charge in [-0.2, -0.15) is 0 Å². The van der Waals surface area contributed by atoms with Gasteiger partial charge in [-0.25, -0.2) is 9.97 Å². The minimum Gasteiger partial charge on any atom is -0.383 e. The lowest BCUT2D eigenvalue weighted by Gasteiger charge is -2.09. The second-order valence-corrected chi connectivity index (χ2v) is 4.90. The van der Waals surface area contributed by atoms with E-state index in [0.717, 1.165) is 29.8 Å². The van der Waals surface area contributed by atoms with E-state index in [-0.39, 0.29) is 5.91 Å². The number of hydrogen-bond donors (Lipinski definition) is 1. The van der Waals surface area contributed by atoms with Gasteiger partial charge in [0, 0.05) is 26.3 Å². The summed E-state index contributed by atoms with van der Waals surface area (Å²) in [6, 6.07) is 3.79. The van der Waals surface area contributed by atoms with Crippen molar-refractivity contribution in [2.24, 2.45) is 0 Å². The number of ether oxygens (including phenoxy) is 1. The number of amides is 1. The average Bonchev–Trinajstić information content (AvgIpc) is 2.86. The summed E-state index contributed by atoms with van der Waals surface area (Å²) in [7, 11) is 1.67. The molecular weight excluding hydrogens is 268 g/mol. The van der Waals surface area contributed by atoms with E-state index in [1.165, 1.54) is 0 Å². The van der Waals surface area contributed by atoms with Gasteiger partial charge in [0.25, 0.3) is 0 Å². The molecule has 6 nitrogen and oxygen atoms in total. The maximum atomic E-state index is 11.7. The van der Waals surface area contributed by atoms with E-state index in [0.29, 0.717) is 26.1 Å². The third kappa shape index (κ3) is 4.01. The van der Waals surface area contributed by atoms with Gasteiger partial charge >= 0.3 is 0 Å². The lowest BCUT2D eigenvalue weighted by molar-refractivity contribution is -0.121. The molecule has 0 saturated heterocycles. The molecule has 0 spiro atoms. The molecule has 2 aromatic rings. The van der Waals surface area contributed by atoms with Gasteiger partial charge in [0.15, 0.2) is 5.65 Å². The normalized spacial score (nSPS) is 11.0. The molecule has 2 rings (SSSR count). The highest BCUT2D eigenvalue weighted by Gasteiger charge is 2.12. The summed E-state index contributed by atoms with van der Waals surface area (Å²) < 4.78 is 7.13. The molecule has 2 aromatic heterocycles. The Kier molecular flexibility index (Phi) is 5.68. The van der Waals surface area contributed by atoms with Crippen LogP contribution in [0.2, 0.25) is 0 Å². The number of methoxy groups -OCH3 is 1. The fraction of sp³-hybridized carbons (Fsp3) is 0.533. The predicted molar refractivity (Wildman–Crippen MR) is 80.8 cm³/mol. The molecule has 1 N–H and O–H groups in total. The number of rotatable bonds is 8. The summed E-state index contributed by atoms with van der Waals surface area (Å²) in [5.41, 5.74) is 1.67. The van der Waals surface area contributed by atoms with Crippen molar-refractivity contribution in [2.45, 2.75) is 39.3 Å². The molecule has 1 amide bonds. The highest BCUT2D eigenvalue weighted by atomic mass is 16.5. The molecule has 0 atom stereocenters. The van der Waals surface area contributed by atoms with Gasteiger partial charge in [0.05, 0.1) is 13.2 Å². The maximum Gasteiger partial charge on any atom is 0.220 e. The van der Waals surface area contributed by atoms with Crippen LogP contribution in [0.4, 0.5) is 0 Å². The Morgan fingerprint density at radius 2 is 2.33 bits per heavy atom. The molecule has 0 fully saturated rings. The first-order valence-corrected chi connectivity index (χ1v) is 7.32. The molecule has 0 aliphatic rings. The highest BCUT2D eigenvalue weighted by molar-refractivity contribution is 5.76. The van der Waals surface area contributed by atoms with Gasteiger partial charge in [-0.3, -0.25) is 4.79 Å². The van der Waals surface area contributed by atoms with Gasteiger partial charge in [0.1, 0.15) is 11.3 Å². The number of nitrogens with zero attached hydrogens (tertiary/aromatic N) is 3. The van der Waals surface area contributed by atoms with Crippen molar-refractivity contribution in [3.8, 4) is 0 Å². The van der Waals surface area contributed by atoms with E-state index in [2.05, 4.69) is 22.2 Å². The molecule has 0 unspecified atom stereocenters. The Bertz CT molecular complexity index is 594. The first-order chi connectivity index (χ1) is 10.3. The van der Waals surface area contributed by atoms with E-state index >= 15 is 0 Å². The molecule has 0 aliphatic carbocycles. The largest absolute Gasteiger partial charge is 0.383 e. The number of aromatic nitrogens is 3. The number of carbonyl (C=O) groups excluding carboxylic acids is 1. The number of nitrogens with one attached hydrogen (secondary N) is 1. The molecule has 0 bridgehead atoms. The molecule has 6 heteroatoms. The Balaban J connectivity index is 2.12. The summed E-state index contributed by atoms with van der Waals surface area (Å²) in [4.78, 5) is 20.6. The maximum absolute atomic E-state index is 11.7. The number of unbranched alkanes of at least 4 members (excludes halogenated alkanes) is 1. The SMILES string of the molecule is CCCCC(=O)NCc1nc2cccnc2n1CCOC. The van der Waals surface area contributed by atoms with Gasteiger partial charge < -0.3 is 14.6 Å². The summed E-state index contributed by atoms with van der Waals surface area (Å²) >= 11 is 0. The number of hydrogen-bond acceptors (Lipinski definition) is 4. The lowest BCUT2D eigenvalue weighted by Crippen LogP contribution is -2.24. The zero-order valence-electron chi connectivity index (χ0n) is 12.6. The van der Waals surface area contributed by atoms with Crippen molar-refractivity contribution in [1.82, 2.24) is 19.9 Å². The van der Waals surface area contributed by atoms with Crippen molar-refractivity contribution in [3.05, 3.63) is 24.2 Å². The van der Waals surface area contributed by atoms with Crippen LogP contribution < -0.4 is 5.32 Å². The number of imidazole rings is 1. The molecular formula is C15H22N4O2. The van der Waals surface area contributed by atoms with E-state index in [4.69, 9.17) is 4.74 Å². The van der Waals surface area contributed by atoms with Gasteiger partial charge in [-0.1, -0.05) is 13.3 Å². The van der Waals surface area contributed by atoms with Crippen LogP contribution >= 0.6 is 0 Å². The number of fused-ring (bicyclic) bond motifs is 1. The lowest BCUT2D eigenvalue weighted by atomic mass is 10.2. The van der Waals surface area contributed by atoms with Gasteiger partial charge in [-0.15, -0.1) is 0 Å². The minimum absolute atomic E-state index is 0.0650. The summed E-state index contributed by atoms with van der Waals surface area (Å²) in [6.45, 7) is 3.74. The average molecular weight is 290 g/mol. The molecule has 0 aromatic carbocycles. The van der Waals surface area contributed by atoms with Crippen molar-refractivity contribution in [1.29, 1.82) is 0 Å². The smallest absolute Gasteiger partial charge is 0.220 e. The first kappa shape index (κ1) is 15.4. The van der Waals surface area contributed by atoms with Crippen LogP contribution in [0.3, 0.4) is 0 Å². The van der Waals surface area contributed by atoms with Crippen molar-refractivity contribution >= 4 is 17.1 Å². The van der Waals surface area contributed by atoms with Crippen LogP contribution in [0.15, 0.2) is 18.3 Å². The Labute approximate surface area is 124 Å². The zero-order chi connectivity index (χ0) is 15.1. The van der Waals surface area contributed by atoms with Crippen LogP contribution in [-0.4, -0.2) is 34.2 Å². The Morgan fingerprint density at radius 1 is 1.48 bits per heavy atom. The topological polar surface area (TPSA) is 69.0 Å². The van der Waals surface area contributed by atoms with Crippen molar-refractivity contribution < 1.29 is 9.53 Å². The second kappa shape index (κ2) is 7.73. The fourth-order valence-electron chi connectivity index (χ4n) is 2.16. The first-order valence-electron chi connectivity index (χ1n) is 7.32. The quantitative estimate of drug-likeness (QED) is 0.806. The Morgan fingerprint density at radius 3 is 3.10 bits per heavy atom. The third-order valence-corrected chi connectivity index (χ3v) is 3.30. The molecule has 114 valence electrons. The van der Waals surface area contributed by atoms with Gasteiger partial charge in [0.2, 0.25) is 5.91 Å². The number of carbonyl (C=O) groups is 1. The van der Waals surface area contributed by atoms with Crippen molar-refractivity contribution in [3.63, 3.8) is 0 Å². The Hall–Kier alpha value is -1.95. The highest BCUT2D eigenvalue weighted by Crippen LogP contribution is 2.13. The summed E-state index contributed by atoms with van der Waals surface area (Å²) in [5.74, 6) is 0.876. The van der Waals surface area contributed by atoms with E-state index in [1.807, 2.05) is 16.7 Å². The summed E-state index contributed by atoms with van der Waals surface area (Å²) in [6.07, 6.45) is 4.24. The van der Waals surface area contributed by atoms with Crippen LogP contribution in [-0.2, 0) is 22.6 Å². The van der Waals surface area contributed by atoms with Crippen LogP contribution in [0.5, 0.6) is 0 Å². The van der Waals surface area contributed by atoms with E-state index in [9.17, 15) is 4.79 Å².